The average molecular weight is 252 g/mol. The summed E-state index contributed by atoms with van der Waals surface area (Å²) in [6, 6.07) is -1.93. The summed E-state index contributed by atoms with van der Waals surface area (Å²) in [6.07, 6.45) is 4.51. The van der Waals surface area contributed by atoms with Crippen LogP contribution in [0.1, 0.15) is 12.1 Å². The first-order valence-corrected chi connectivity index (χ1v) is 5.22. The number of primary amides is 1. The van der Waals surface area contributed by atoms with Gasteiger partial charge in [-0.1, -0.05) is 0 Å². The van der Waals surface area contributed by atoms with E-state index in [0.717, 1.165) is 0 Å². The van der Waals surface area contributed by atoms with Crippen LogP contribution in [0.2, 0.25) is 0 Å². The van der Waals surface area contributed by atoms with Crippen molar-refractivity contribution in [2.24, 2.45) is 11.5 Å². The van der Waals surface area contributed by atoms with Gasteiger partial charge in [-0.25, -0.2) is 4.98 Å². The van der Waals surface area contributed by atoms with Crippen LogP contribution in [-0.4, -0.2) is 40.2 Å². The number of nitrogens with two attached hydrogens (primary N) is 2. The van der Waals surface area contributed by atoms with Crippen molar-refractivity contribution in [3.8, 4) is 0 Å². The number of carbonyl (C=O) groups is 2. The van der Waals surface area contributed by atoms with Crippen molar-refractivity contribution in [1.29, 1.82) is 0 Å². The zero-order chi connectivity index (χ0) is 13.5. The highest BCUT2D eigenvalue weighted by atomic mass is 16.2. The summed E-state index contributed by atoms with van der Waals surface area (Å²) >= 11 is 0. The van der Waals surface area contributed by atoms with Crippen LogP contribution in [0.4, 0.5) is 0 Å². The van der Waals surface area contributed by atoms with E-state index in [-0.39, 0.29) is 12.8 Å². The molecule has 0 bridgehead atoms. The van der Waals surface area contributed by atoms with E-state index in [4.69, 9.17) is 11.5 Å². The third-order valence-corrected chi connectivity index (χ3v) is 2.18. The predicted molar refractivity (Wildman–Crippen MR) is 61.7 cm³/mol. The molecule has 0 aliphatic carbocycles. The Hall–Kier alpha value is -2.22. The fourth-order valence-corrected chi connectivity index (χ4v) is 1.32. The van der Waals surface area contributed by atoms with E-state index >= 15 is 0 Å². The van der Waals surface area contributed by atoms with Gasteiger partial charge in [0.25, 0.3) is 0 Å². The first-order valence-electron chi connectivity index (χ1n) is 5.22. The number of aromatic nitrogens is 2. The number of nitrogens with one attached hydrogen (secondary N) is 2. The van der Waals surface area contributed by atoms with Crippen molar-refractivity contribution in [3.05, 3.63) is 18.2 Å². The predicted octanol–water partition coefficient (Wildman–Crippen LogP) is -2.25. The van der Waals surface area contributed by atoms with Gasteiger partial charge >= 0.3 is 0 Å². The Balaban J connectivity index is 2.47. The lowest BCUT2D eigenvalue weighted by atomic mass is 10.1. The molecule has 1 radical (unpaired) electrons. The lowest BCUT2D eigenvalue weighted by molar-refractivity contribution is -0.123. The summed E-state index contributed by atoms with van der Waals surface area (Å²) in [6.45, 7) is 0. The zero-order valence-corrected chi connectivity index (χ0v) is 9.55. The standard InChI is InChI=1S/C10H14N5O3/c11-8(1-6-3-13-5-14-6)10(18)15-7(4-16)2-9(12)17/h3,5,7-8H,1-2,11H2,(H2,12,17)(H,13,14)(H,15,18)/t7-,8-/m0/s1. The third kappa shape index (κ3) is 4.34. The number of nitrogens with zero attached hydrogens (tertiary/aromatic N) is 1. The van der Waals surface area contributed by atoms with E-state index in [2.05, 4.69) is 15.3 Å². The molecule has 2 amide bonds. The van der Waals surface area contributed by atoms with E-state index in [0.29, 0.717) is 5.69 Å². The first-order chi connectivity index (χ1) is 8.52. The fraction of sp³-hybridized carbons (Fsp3) is 0.400. The van der Waals surface area contributed by atoms with Gasteiger partial charge in [-0.05, 0) is 0 Å². The summed E-state index contributed by atoms with van der Waals surface area (Å²) in [5.74, 6) is -1.27. The van der Waals surface area contributed by atoms with Crippen molar-refractivity contribution in [1.82, 2.24) is 15.3 Å². The molecule has 97 valence electrons. The largest absolute Gasteiger partial charge is 0.370 e. The van der Waals surface area contributed by atoms with Crippen molar-refractivity contribution in [2.45, 2.75) is 24.9 Å². The third-order valence-electron chi connectivity index (χ3n) is 2.18. The average Bonchev–Trinajstić information content (AvgIpc) is 2.80. The smallest absolute Gasteiger partial charge is 0.237 e. The Morgan fingerprint density at radius 3 is 2.78 bits per heavy atom. The molecule has 6 N–H and O–H groups in total. The Morgan fingerprint density at radius 2 is 2.28 bits per heavy atom. The van der Waals surface area contributed by atoms with Crippen LogP contribution in [-0.2, 0) is 20.8 Å². The van der Waals surface area contributed by atoms with Crippen LogP contribution in [0.15, 0.2) is 12.5 Å². The number of aromatic amines is 1. The number of hydrogen-bond donors (Lipinski definition) is 4. The van der Waals surface area contributed by atoms with Crippen LogP contribution >= 0.6 is 0 Å². The maximum absolute atomic E-state index is 11.6. The van der Waals surface area contributed by atoms with Gasteiger partial charge < -0.3 is 21.8 Å². The van der Waals surface area contributed by atoms with Gasteiger partial charge in [-0.15, -0.1) is 0 Å². The van der Waals surface area contributed by atoms with Gasteiger partial charge in [0, 0.05) is 12.6 Å². The minimum absolute atomic E-state index is 0.220. The SMILES string of the molecule is NC(=O)C[C@@H]([C]=O)NC(=O)[C@@H](N)Cc1c[nH]cn1. The molecule has 0 fully saturated rings. The molecule has 1 rings (SSSR count). The highest BCUT2D eigenvalue weighted by Gasteiger charge is 2.20. The lowest BCUT2D eigenvalue weighted by Crippen LogP contribution is -2.48. The second-order valence-electron chi connectivity index (χ2n) is 3.72. The van der Waals surface area contributed by atoms with Gasteiger partial charge in [0.1, 0.15) is 6.04 Å². The van der Waals surface area contributed by atoms with Gasteiger partial charge in [0.2, 0.25) is 18.1 Å². The lowest BCUT2D eigenvalue weighted by Gasteiger charge is -2.14. The van der Waals surface area contributed by atoms with E-state index in [1.165, 1.54) is 12.6 Å². The van der Waals surface area contributed by atoms with Crippen LogP contribution in [0.25, 0.3) is 0 Å². The molecular formula is C10H14N5O3. The molecule has 1 heterocycles. The maximum atomic E-state index is 11.6. The van der Waals surface area contributed by atoms with Gasteiger partial charge in [0.05, 0.1) is 24.5 Å². The molecule has 0 saturated heterocycles. The Bertz CT molecular complexity index is 417. The van der Waals surface area contributed by atoms with E-state index in [1.54, 1.807) is 6.20 Å². The number of carbonyl (C=O) groups excluding carboxylic acids is 3. The van der Waals surface area contributed by atoms with E-state index in [1.807, 2.05) is 0 Å². The van der Waals surface area contributed by atoms with Crippen LogP contribution < -0.4 is 16.8 Å². The minimum atomic E-state index is -1.07. The summed E-state index contributed by atoms with van der Waals surface area (Å²) < 4.78 is 0. The minimum Gasteiger partial charge on any atom is -0.370 e. The topological polar surface area (TPSA) is 144 Å². The molecule has 0 aromatic carbocycles. The second-order valence-corrected chi connectivity index (χ2v) is 3.72. The van der Waals surface area contributed by atoms with E-state index < -0.39 is 23.9 Å². The Morgan fingerprint density at radius 1 is 1.56 bits per heavy atom. The second kappa shape index (κ2) is 6.50. The normalized spacial score (nSPS) is 13.6. The number of hydrogen-bond acceptors (Lipinski definition) is 5. The van der Waals surface area contributed by atoms with Crippen LogP contribution in [0.3, 0.4) is 0 Å². The van der Waals surface area contributed by atoms with Crippen molar-refractivity contribution < 1.29 is 14.4 Å². The van der Waals surface area contributed by atoms with Crippen LogP contribution in [0, 0.1) is 0 Å². The summed E-state index contributed by atoms with van der Waals surface area (Å²) in [5.41, 5.74) is 11.2. The highest BCUT2D eigenvalue weighted by Crippen LogP contribution is 1.97. The summed E-state index contributed by atoms with van der Waals surface area (Å²) in [5, 5.41) is 2.28. The van der Waals surface area contributed by atoms with Gasteiger partial charge in [-0.3, -0.25) is 14.4 Å². The van der Waals surface area contributed by atoms with Crippen molar-refractivity contribution in [3.63, 3.8) is 0 Å². The monoisotopic (exact) mass is 252 g/mol. The molecule has 8 nitrogen and oxygen atoms in total. The number of H-pyrrole nitrogens is 1. The molecule has 8 heteroatoms. The first kappa shape index (κ1) is 13.8. The highest BCUT2D eigenvalue weighted by molar-refractivity contribution is 5.87. The number of imidazole rings is 1. The molecule has 1 aromatic rings. The van der Waals surface area contributed by atoms with E-state index in [9.17, 15) is 14.4 Å². The maximum Gasteiger partial charge on any atom is 0.237 e. The number of amides is 2. The fourth-order valence-electron chi connectivity index (χ4n) is 1.32. The quantitative estimate of drug-likeness (QED) is 0.433. The molecule has 0 aliphatic rings. The molecule has 1 aromatic heterocycles. The molecule has 0 spiro atoms. The van der Waals surface area contributed by atoms with Crippen LogP contribution in [0.5, 0.6) is 0 Å². The molecule has 18 heavy (non-hydrogen) atoms. The van der Waals surface area contributed by atoms with Crippen molar-refractivity contribution >= 4 is 18.1 Å². The number of rotatable bonds is 7. The molecule has 0 unspecified atom stereocenters. The zero-order valence-electron chi connectivity index (χ0n) is 9.55. The molecule has 2 atom stereocenters. The Labute approximate surface area is 103 Å². The molecule has 0 saturated carbocycles. The molecule has 0 aliphatic heterocycles. The Kier molecular flexibility index (Phi) is 5.00. The van der Waals surface area contributed by atoms with Gasteiger partial charge in [-0.2, -0.15) is 0 Å². The van der Waals surface area contributed by atoms with Gasteiger partial charge in [0.15, 0.2) is 0 Å². The molecular weight excluding hydrogens is 238 g/mol. The summed E-state index contributed by atoms with van der Waals surface area (Å²) in [4.78, 5) is 39.4. The van der Waals surface area contributed by atoms with Crippen molar-refractivity contribution in [2.75, 3.05) is 0 Å². The summed E-state index contributed by atoms with van der Waals surface area (Å²) in [7, 11) is 0.